The number of carbonyl (C=O) groups is 1. The molecule has 2 aliphatic carbocycles. The summed E-state index contributed by atoms with van der Waals surface area (Å²) in [6.45, 7) is 11.2. The van der Waals surface area contributed by atoms with Crippen LogP contribution in [0.15, 0.2) is 0 Å². The standard InChI is InChI=1S/C29H44O8/c1-16-22(32-6)20-19(26(35-9)37-24(20)30)21(25(33-7)34-8)23(16)36-15-18-28(4)13-10-12-27(2,3)17(28)11-14-29(18,5)31/h17-18,25-26,31H,10-15H2,1-9H3. The van der Waals surface area contributed by atoms with E-state index in [4.69, 9.17) is 28.4 Å². The molecule has 3 aliphatic rings. The van der Waals surface area contributed by atoms with Crippen LogP contribution in [0.4, 0.5) is 0 Å². The molecule has 1 aromatic rings. The van der Waals surface area contributed by atoms with Crippen LogP contribution < -0.4 is 9.47 Å². The van der Waals surface area contributed by atoms with Crippen molar-refractivity contribution in [1.29, 1.82) is 0 Å². The SMILES string of the molecule is COc1c(C)c(OCC2C(C)(O)CCC3C(C)(C)CCCC32C)c(C(OC)OC)c2c1C(=O)OC2OC. The summed E-state index contributed by atoms with van der Waals surface area (Å²) in [4.78, 5) is 12.8. The molecule has 0 spiro atoms. The summed E-state index contributed by atoms with van der Waals surface area (Å²) in [5.41, 5.74) is 1.22. The first-order chi connectivity index (χ1) is 17.4. The maximum absolute atomic E-state index is 12.8. The quantitative estimate of drug-likeness (QED) is 0.356. The number of ether oxygens (including phenoxy) is 6. The van der Waals surface area contributed by atoms with Gasteiger partial charge >= 0.3 is 5.97 Å². The largest absolute Gasteiger partial charge is 0.495 e. The molecule has 1 aromatic carbocycles. The van der Waals surface area contributed by atoms with Gasteiger partial charge in [0.2, 0.25) is 6.29 Å². The van der Waals surface area contributed by atoms with Crippen molar-refractivity contribution in [3.8, 4) is 11.5 Å². The molecule has 8 heteroatoms. The lowest BCUT2D eigenvalue weighted by Crippen LogP contribution is -2.59. The van der Waals surface area contributed by atoms with Gasteiger partial charge in [0.15, 0.2) is 6.29 Å². The number of rotatable bonds is 8. The molecule has 5 atom stereocenters. The number of benzene rings is 1. The molecule has 8 nitrogen and oxygen atoms in total. The molecule has 0 aromatic heterocycles. The van der Waals surface area contributed by atoms with Crippen molar-refractivity contribution in [2.24, 2.45) is 22.7 Å². The van der Waals surface area contributed by atoms with Crippen molar-refractivity contribution in [2.45, 2.75) is 84.9 Å². The van der Waals surface area contributed by atoms with Crippen LogP contribution in [0.3, 0.4) is 0 Å². The smallest absolute Gasteiger partial charge is 0.345 e. The van der Waals surface area contributed by atoms with E-state index in [-0.39, 0.29) is 16.7 Å². The van der Waals surface area contributed by atoms with Crippen LogP contribution in [0, 0.1) is 29.6 Å². The van der Waals surface area contributed by atoms with Crippen LogP contribution in [0.2, 0.25) is 0 Å². The number of hydrogen-bond donors (Lipinski definition) is 1. The van der Waals surface area contributed by atoms with Crippen molar-refractivity contribution in [1.82, 2.24) is 0 Å². The van der Waals surface area contributed by atoms with Crippen LogP contribution >= 0.6 is 0 Å². The average Bonchev–Trinajstić information content (AvgIpc) is 3.15. The average molecular weight is 521 g/mol. The highest BCUT2D eigenvalue weighted by Crippen LogP contribution is 2.62. The normalized spacial score (nSPS) is 32.6. The lowest BCUT2D eigenvalue weighted by molar-refractivity contribution is -0.176. The monoisotopic (exact) mass is 520 g/mol. The fourth-order valence-electron chi connectivity index (χ4n) is 7.87. The molecule has 0 saturated heterocycles. The number of aliphatic hydroxyl groups is 1. The van der Waals surface area contributed by atoms with E-state index in [9.17, 15) is 9.90 Å². The van der Waals surface area contributed by atoms with E-state index in [2.05, 4.69) is 20.8 Å². The summed E-state index contributed by atoms with van der Waals surface area (Å²) in [5.74, 6) is 0.746. The number of hydrogen-bond acceptors (Lipinski definition) is 8. The predicted molar refractivity (Wildman–Crippen MR) is 138 cm³/mol. The van der Waals surface area contributed by atoms with Crippen LogP contribution in [0.25, 0.3) is 0 Å². The lowest BCUT2D eigenvalue weighted by Gasteiger charge is -2.61. The number of methoxy groups -OCH3 is 4. The van der Waals surface area contributed by atoms with Crippen molar-refractivity contribution >= 4 is 5.97 Å². The van der Waals surface area contributed by atoms with Gasteiger partial charge in [-0.15, -0.1) is 0 Å². The zero-order chi connectivity index (χ0) is 27.3. The van der Waals surface area contributed by atoms with Crippen LogP contribution in [-0.2, 0) is 18.9 Å². The summed E-state index contributed by atoms with van der Waals surface area (Å²) in [7, 11) is 6.06. The molecule has 1 aliphatic heterocycles. The van der Waals surface area contributed by atoms with Crippen LogP contribution in [0.1, 0.15) is 99.4 Å². The summed E-state index contributed by atoms with van der Waals surface area (Å²) in [6.07, 6.45) is 3.35. The first-order valence-corrected chi connectivity index (χ1v) is 13.3. The molecular formula is C29H44O8. The van der Waals surface area contributed by atoms with Crippen LogP contribution in [0.5, 0.6) is 11.5 Å². The van der Waals surface area contributed by atoms with Gasteiger partial charge in [-0.1, -0.05) is 27.2 Å². The predicted octanol–water partition coefficient (Wildman–Crippen LogP) is 5.48. The molecule has 1 N–H and O–H groups in total. The Morgan fingerprint density at radius 1 is 1.03 bits per heavy atom. The third kappa shape index (κ3) is 4.44. The maximum Gasteiger partial charge on any atom is 0.345 e. The minimum absolute atomic E-state index is 0.0750. The molecule has 0 amide bonds. The van der Waals surface area contributed by atoms with Gasteiger partial charge in [0, 0.05) is 32.8 Å². The number of carbonyl (C=O) groups excluding carboxylic acids is 1. The lowest BCUT2D eigenvalue weighted by atomic mass is 9.46. The molecular weight excluding hydrogens is 476 g/mol. The highest BCUT2D eigenvalue weighted by atomic mass is 16.7. The Morgan fingerprint density at radius 3 is 2.30 bits per heavy atom. The van der Waals surface area contributed by atoms with Gasteiger partial charge in [-0.3, -0.25) is 0 Å². The molecule has 4 rings (SSSR count). The zero-order valence-electron chi connectivity index (χ0n) is 23.9. The van der Waals surface area contributed by atoms with E-state index in [0.717, 1.165) is 25.7 Å². The summed E-state index contributed by atoms with van der Waals surface area (Å²) in [5, 5.41) is 11.7. The highest BCUT2D eigenvalue weighted by molar-refractivity contribution is 5.98. The summed E-state index contributed by atoms with van der Waals surface area (Å²) < 4.78 is 34.7. The Morgan fingerprint density at radius 2 is 1.70 bits per heavy atom. The Bertz CT molecular complexity index is 1030. The minimum Gasteiger partial charge on any atom is -0.495 e. The van der Waals surface area contributed by atoms with Gasteiger partial charge in [0.05, 0.1) is 30.4 Å². The molecule has 37 heavy (non-hydrogen) atoms. The van der Waals surface area contributed by atoms with Crippen molar-refractivity contribution < 1.29 is 38.3 Å². The summed E-state index contributed by atoms with van der Waals surface area (Å²) >= 11 is 0. The van der Waals surface area contributed by atoms with E-state index >= 15 is 0 Å². The Balaban J connectivity index is 1.82. The first-order valence-electron chi connectivity index (χ1n) is 13.3. The fourth-order valence-corrected chi connectivity index (χ4v) is 7.87. The van der Waals surface area contributed by atoms with Gasteiger partial charge in [0.25, 0.3) is 0 Å². The topological polar surface area (TPSA) is 92.7 Å². The second-order valence-electron chi connectivity index (χ2n) is 12.1. The second-order valence-corrected chi connectivity index (χ2v) is 12.1. The Hall–Kier alpha value is -1.87. The molecule has 208 valence electrons. The van der Waals surface area contributed by atoms with Gasteiger partial charge in [-0.2, -0.15) is 0 Å². The molecule has 2 saturated carbocycles. The van der Waals surface area contributed by atoms with E-state index < -0.39 is 24.2 Å². The van der Waals surface area contributed by atoms with Gasteiger partial charge in [0.1, 0.15) is 17.1 Å². The van der Waals surface area contributed by atoms with Gasteiger partial charge in [-0.25, -0.2) is 4.79 Å². The fraction of sp³-hybridized carbons (Fsp3) is 0.759. The third-order valence-corrected chi connectivity index (χ3v) is 9.60. The van der Waals surface area contributed by atoms with Crippen molar-refractivity contribution in [2.75, 3.05) is 35.0 Å². The number of cyclic esters (lactones) is 1. The van der Waals surface area contributed by atoms with E-state index in [0.29, 0.717) is 46.3 Å². The third-order valence-electron chi connectivity index (χ3n) is 9.60. The van der Waals surface area contributed by atoms with Crippen molar-refractivity contribution in [3.63, 3.8) is 0 Å². The van der Waals surface area contributed by atoms with Crippen molar-refractivity contribution in [3.05, 3.63) is 22.3 Å². The molecule has 0 bridgehead atoms. The van der Waals surface area contributed by atoms with E-state index in [1.54, 1.807) is 0 Å². The van der Waals surface area contributed by atoms with E-state index in [1.807, 2.05) is 13.8 Å². The Labute approximate surface area is 220 Å². The Kier molecular flexibility index (Phi) is 7.63. The summed E-state index contributed by atoms with van der Waals surface area (Å²) in [6, 6.07) is 0. The molecule has 0 radical (unpaired) electrons. The highest BCUT2D eigenvalue weighted by Gasteiger charge is 2.58. The first kappa shape index (κ1) is 28.1. The molecule has 1 heterocycles. The maximum atomic E-state index is 12.8. The van der Waals surface area contributed by atoms with Gasteiger partial charge in [-0.05, 0) is 56.3 Å². The zero-order valence-corrected chi connectivity index (χ0v) is 23.9. The molecule has 5 unspecified atom stereocenters. The van der Waals surface area contributed by atoms with Crippen LogP contribution in [-0.4, -0.2) is 51.7 Å². The number of esters is 1. The molecule has 2 fully saturated rings. The van der Waals surface area contributed by atoms with Gasteiger partial charge < -0.3 is 33.5 Å². The number of fused-ring (bicyclic) bond motifs is 2. The van der Waals surface area contributed by atoms with E-state index in [1.165, 1.54) is 34.9 Å². The second kappa shape index (κ2) is 10.0. The minimum atomic E-state index is -0.944.